The van der Waals surface area contributed by atoms with Gasteiger partial charge in [-0.1, -0.05) is 30.3 Å². The van der Waals surface area contributed by atoms with Crippen LogP contribution in [0.1, 0.15) is 47.8 Å². The average Bonchev–Trinajstić information content (AvgIpc) is 3.23. The van der Waals surface area contributed by atoms with Crippen LogP contribution in [0.2, 0.25) is 0 Å². The van der Waals surface area contributed by atoms with Crippen LogP contribution >= 0.6 is 24.8 Å². The molecule has 1 saturated heterocycles. The molecule has 1 fully saturated rings. The Kier molecular flexibility index (Phi) is 10.6. The van der Waals surface area contributed by atoms with E-state index in [-0.39, 0.29) is 42.7 Å². The molecule has 4 rings (SSSR count). The minimum Gasteiger partial charge on any atom is -0.356 e. The average molecular weight is 493 g/mol. The van der Waals surface area contributed by atoms with E-state index >= 15 is 0 Å². The van der Waals surface area contributed by atoms with Crippen LogP contribution in [0.25, 0.3) is 5.65 Å². The van der Waals surface area contributed by atoms with E-state index in [2.05, 4.69) is 20.7 Å². The zero-order chi connectivity index (χ0) is 21.5. The lowest BCUT2D eigenvalue weighted by Gasteiger charge is -2.22. The molecule has 3 aromatic rings. The van der Waals surface area contributed by atoms with Crippen LogP contribution < -0.4 is 10.6 Å². The maximum Gasteiger partial charge on any atom is 0.274 e. The van der Waals surface area contributed by atoms with Crippen molar-refractivity contribution in [1.82, 2.24) is 30.1 Å². The van der Waals surface area contributed by atoms with Crippen molar-refractivity contribution in [3.8, 4) is 0 Å². The van der Waals surface area contributed by atoms with Gasteiger partial charge in [-0.25, -0.2) is 9.50 Å². The molecule has 1 atom stereocenters. The summed E-state index contributed by atoms with van der Waals surface area (Å²) in [5, 5.41) is 10.8. The van der Waals surface area contributed by atoms with Crippen molar-refractivity contribution in [2.45, 2.75) is 31.7 Å². The molecule has 1 unspecified atom stereocenters. The van der Waals surface area contributed by atoms with E-state index in [1.54, 1.807) is 23.0 Å². The quantitative estimate of drug-likeness (QED) is 0.573. The fourth-order valence-corrected chi connectivity index (χ4v) is 3.90. The van der Waals surface area contributed by atoms with Gasteiger partial charge in [0.1, 0.15) is 0 Å². The van der Waals surface area contributed by atoms with Crippen molar-refractivity contribution in [2.24, 2.45) is 0 Å². The molecule has 0 saturated carbocycles. The fraction of sp³-hybridized carbons (Fsp3) is 0.391. The van der Waals surface area contributed by atoms with E-state index in [0.717, 1.165) is 24.9 Å². The summed E-state index contributed by atoms with van der Waals surface area (Å²) in [4.78, 5) is 31.8. The second-order valence-electron chi connectivity index (χ2n) is 7.76. The first-order chi connectivity index (χ1) is 15.2. The molecule has 1 aromatic carbocycles. The summed E-state index contributed by atoms with van der Waals surface area (Å²) >= 11 is 0. The Morgan fingerprint density at radius 3 is 2.58 bits per heavy atom. The van der Waals surface area contributed by atoms with Gasteiger partial charge >= 0.3 is 0 Å². The Morgan fingerprint density at radius 1 is 0.970 bits per heavy atom. The number of amides is 2. The lowest BCUT2D eigenvalue weighted by Crippen LogP contribution is -2.36. The number of hydrogen-bond donors (Lipinski definition) is 2. The molecular formula is C23H30Cl2N6O2. The number of carbonyl (C=O) groups is 2. The minimum absolute atomic E-state index is 0. The molecule has 0 radical (unpaired) electrons. The van der Waals surface area contributed by atoms with Crippen molar-refractivity contribution in [3.63, 3.8) is 0 Å². The Hall–Kier alpha value is -2.68. The third-order valence-electron chi connectivity index (χ3n) is 5.55. The molecule has 178 valence electrons. The highest BCUT2D eigenvalue weighted by Crippen LogP contribution is 2.17. The van der Waals surface area contributed by atoms with Gasteiger partial charge in [0.05, 0.1) is 6.20 Å². The normalized spacial score (nSPS) is 18.0. The van der Waals surface area contributed by atoms with Crippen molar-refractivity contribution < 1.29 is 9.59 Å². The summed E-state index contributed by atoms with van der Waals surface area (Å²) in [5.74, 6) is -0.0630. The van der Waals surface area contributed by atoms with Gasteiger partial charge in [0.25, 0.3) is 5.91 Å². The van der Waals surface area contributed by atoms with Crippen LogP contribution in [-0.2, 0) is 4.79 Å². The zero-order valence-electron chi connectivity index (χ0n) is 18.4. The van der Waals surface area contributed by atoms with E-state index in [4.69, 9.17) is 0 Å². The molecule has 8 nitrogen and oxygen atoms in total. The number of benzene rings is 1. The summed E-state index contributed by atoms with van der Waals surface area (Å²) in [6.45, 7) is 2.56. The molecule has 1 aliphatic heterocycles. The predicted molar refractivity (Wildman–Crippen MR) is 132 cm³/mol. The number of nitrogens with one attached hydrogen (secondary N) is 2. The number of halogens is 2. The second-order valence-corrected chi connectivity index (χ2v) is 7.76. The highest BCUT2D eigenvalue weighted by atomic mass is 35.5. The van der Waals surface area contributed by atoms with Gasteiger partial charge in [-0.2, -0.15) is 5.10 Å². The lowest BCUT2D eigenvalue weighted by atomic mass is 10.0. The summed E-state index contributed by atoms with van der Waals surface area (Å²) in [6, 6.07) is 13.7. The van der Waals surface area contributed by atoms with Crippen molar-refractivity contribution in [3.05, 3.63) is 66.1 Å². The van der Waals surface area contributed by atoms with E-state index in [0.29, 0.717) is 43.8 Å². The standard InChI is InChI=1S/C23H28N6O2.2ClH/c30-22-16-19(18-8-2-1-3-9-18)24-11-4-5-14-28(15-7-12-25-22)23(31)20-17-26-21-10-6-13-27-29(20)21;;/h1-3,6,8-10,13,17,19,24H,4-5,7,11-12,14-16H2,(H,25,30);2*1H. The monoisotopic (exact) mass is 492 g/mol. The molecule has 2 aromatic heterocycles. The molecule has 2 N–H and O–H groups in total. The minimum atomic E-state index is -0.0810. The highest BCUT2D eigenvalue weighted by molar-refractivity contribution is 5.93. The van der Waals surface area contributed by atoms with Crippen LogP contribution in [0.15, 0.2) is 54.9 Å². The number of rotatable bonds is 2. The topological polar surface area (TPSA) is 91.6 Å². The summed E-state index contributed by atoms with van der Waals surface area (Å²) in [7, 11) is 0. The van der Waals surface area contributed by atoms with Crippen molar-refractivity contribution in [1.29, 1.82) is 0 Å². The summed E-state index contributed by atoms with van der Waals surface area (Å²) in [6.07, 6.45) is 6.13. The van der Waals surface area contributed by atoms with Gasteiger partial charge in [0, 0.05) is 38.3 Å². The zero-order valence-corrected chi connectivity index (χ0v) is 20.0. The number of fused-ring (bicyclic) bond motifs is 1. The molecule has 2 amide bonds. The van der Waals surface area contributed by atoms with Crippen LogP contribution in [0.3, 0.4) is 0 Å². The van der Waals surface area contributed by atoms with Gasteiger partial charge < -0.3 is 15.5 Å². The second kappa shape index (κ2) is 13.1. The highest BCUT2D eigenvalue weighted by Gasteiger charge is 2.21. The summed E-state index contributed by atoms with van der Waals surface area (Å²) in [5.41, 5.74) is 2.23. The summed E-state index contributed by atoms with van der Waals surface area (Å²) < 4.78 is 1.58. The first-order valence-corrected chi connectivity index (χ1v) is 10.9. The van der Waals surface area contributed by atoms with E-state index < -0.39 is 0 Å². The van der Waals surface area contributed by atoms with Gasteiger partial charge in [0.15, 0.2) is 11.3 Å². The molecule has 3 heterocycles. The number of nitrogens with zero attached hydrogens (tertiary/aromatic N) is 4. The molecule has 0 spiro atoms. The lowest BCUT2D eigenvalue weighted by molar-refractivity contribution is -0.121. The van der Waals surface area contributed by atoms with Crippen LogP contribution in [0.4, 0.5) is 0 Å². The third kappa shape index (κ3) is 6.90. The van der Waals surface area contributed by atoms with Crippen LogP contribution in [0.5, 0.6) is 0 Å². The first kappa shape index (κ1) is 26.6. The third-order valence-corrected chi connectivity index (χ3v) is 5.55. The van der Waals surface area contributed by atoms with E-state index in [1.807, 2.05) is 41.3 Å². The molecular weight excluding hydrogens is 463 g/mol. The first-order valence-electron chi connectivity index (χ1n) is 10.9. The molecule has 1 aliphatic rings. The Bertz CT molecular complexity index is 1030. The fourth-order valence-electron chi connectivity index (χ4n) is 3.90. The SMILES string of the molecule is Cl.Cl.O=C1CC(c2ccccc2)NCCCCN(C(=O)c2cnc3cccnn23)CCCN1. The Labute approximate surface area is 206 Å². The number of imidazole rings is 1. The number of carbonyl (C=O) groups excluding carboxylic acids is 2. The number of hydrogen-bond acceptors (Lipinski definition) is 5. The van der Waals surface area contributed by atoms with Crippen molar-refractivity contribution in [2.75, 3.05) is 26.2 Å². The van der Waals surface area contributed by atoms with Gasteiger partial charge in [0.2, 0.25) is 5.91 Å². The Morgan fingerprint density at radius 2 is 1.76 bits per heavy atom. The molecule has 33 heavy (non-hydrogen) atoms. The smallest absolute Gasteiger partial charge is 0.274 e. The largest absolute Gasteiger partial charge is 0.356 e. The maximum atomic E-state index is 13.2. The molecule has 0 bridgehead atoms. The van der Waals surface area contributed by atoms with Gasteiger partial charge in [-0.05, 0) is 43.5 Å². The number of aromatic nitrogens is 3. The van der Waals surface area contributed by atoms with Crippen molar-refractivity contribution >= 4 is 42.3 Å². The van der Waals surface area contributed by atoms with Crippen LogP contribution in [0, 0.1) is 0 Å². The molecule has 0 aliphatic carbocycles. The van der Waals surface area contributed by atoms with Gasteiger partial charge in [-0.3, -0.25) is 9.59 Å². The van der Waals surface area contributed by atoms with Crippen LogP contribution in [-0.4, -0.2) is 57.5 Å². The predicted octanol–water partition coefficient (Wildman–Crippen LogP) is 3.04. The molecule has 10 heteroatoms. The van der Waals surface area contributed by atoms with E-state index in [1.165, 1.54) is 0 Å². The van der Waals surface area contributed by atoms with E-state index in [9.17, 15) is 9.59 Å². The Balaban J connectivity index is 0.00000193. The maximum absolute atomic E-state index is 13.2. The van der Waals surface area contributed by atoms with Gasteiger partial charge in [-0.15, -0.1) is 24.8 Å².